The standard InChI is InChI=1S/C22H19N3O4S/c23-13-15-6-2-3-7-17(15)18-9-8-16(29-18)12-19-21(27)25(22(28)30-19)14-20(26)24-10-4-1-5-11-24/h2-3,6-9,12H,1,4-5,10-11,14H2/b19-12-. The summed E-state index contributed by atoms with van der Waals surface area (Å²) in [6.45, 7) is 1.11. The van der Waals surface area contributed by atoms with E-state index in [0.29, 0.717) is 35.7 Å². The second-order valence-corrected chi connectivity index (χ2v) is 8.06. The van der Waals surface area contributed by atoms with E-state index in [9.17, 15) is 19.6 Å². The van der Waals surface area contributed by atoms with Gasteiger partial charge in [0, 0.05) is 24.7 Å². The van der Waals surface area contributed by atoms with E-state index in [1.54, 1.807) is 35.2 Å². The molecule has 30 heavy (non-hydrogen) atoms. The first-order valence-corrected chi connectivity index (χ1v) is 10.5. The summed E-state index contributed by atoms with van der Waals surface area (Å²) in [5.41, 5.74) is 1.13. The fourth-order valence-corrected chi connectivity index (χ4v) is 4.33. The van der Waals surface area contributed by atoms with Gasteiger partial charge in [0.15, 0.2) is 0 Å². The molecule has 1 aromatic carbocycles. The summed E-state index contributed by atoms with van der Waals surface area (Å²) in [7, 11) is 0. The van der Waals surface area contributed by atoms with Crippen molar-refractivity contribution in [2.24, 2.45) is 0 Å². The molecule has 2 aromatic rings. The Labute approximate surface area is 177 Å². The van der Waals surface area contributed by atoms with E-state index in [0.717, 1.165) is 35.9 Å². The number of carbonyl (C=O) groups is 3. The van der Waals surface area contributed by atoms with Crippen LogP contribution in [-0.4, -0.2) is 46.5 Å². The predicted molar refractivity (Wildman–Crippen MR) is 112 cm³/mol. The summed E-state index contributed by atoms with van der Waals surface area (Å²) >= 11 is 0.793. The van der Waals surface area contributed by atoms with Gasteiger partial charge in [0.2, 0.25) is 5.91 Å². The van der Waals surface area contributed by atoms with E-state index in [4.69, 9.17) is 4.42 Å². The number of hydrogen-bond donors (Lipinski definition) is 0. The van der Waals surface area contributed by atoms with Gasteiger partial charge in [-0.2, -0.15) is 5.26 Å². The zero-order chi connectivity index (χ0) is 21.1. The number of furan rings is 1. The molecule has 7 nitrogen and oxygen atoms in total. The minimum Gasteiger partial charge on any atom is -0.457 e. The lowest BCUT2D eigenvalue weighted by atomic mass is 10.1. The minimum absolute atomic E-state index is 0.202. The first kappa shape index (κ1) is 20.0. The lowest BCUT2D eigenvalue weighted by Crippen LogP contribution is -2.44. The highest BCUT2D eigenvalue weighted by atomic mass is 32.2. The number of piperidine rings is 1. The van der Waals surface area contributed by atoms with Crippen molar-refractivity contribution in [3.05, 3.63) is 52.6 Å². The molecule has 152 valence electrons. The van der Waals surface area contributed by atoms with Crippen LogP contribution in [0.25, 0.3) is 17.4 Å². The normalized spacial score (nSPS) is 18.2. The quantitative estimate of drug-likeness (QED) is 0.696. The Bertz CT molecular complexity index is 1080. The van der Waals surface area contributed by atoms with Crippen LogP contribution in [0.4, 0.5) is 4.79 Å². The Hall–Kier alpha value is -3.31. The summed E-state index contributed by atoms with van der Waals surface area (Å²) in [6, 6.07) is 12.6. The van der Waals surface area contributed by atoms with Crippen molar-refractivity contribution in [3.63, 3.8) is 0 Å². The van der Waals surface area contributed by atoms with Gasteiger partial charge >= 0.3 is 0 Å². The van der Waals surface area contributed by atoms with E-state index in [1.807, 2.05) is 6.07 Å². The third kappa shape index (κ3) is 4.02. The molecule has 3 heterocycles. The fraction of sp³-hybridized carbons (Fsp3) is 0.273. The van der Waals surface area contributed by atoms with Crippen molar-refractivity contribution in [3.8, 4) is 17.4 Å². The average molecular weight is 421 g/mol. The Morgan fingerprint density at radius 1 is 1.13 bits per heavy atom. The van der Waals surface area contributed by atoms with E-state index in [2.05, 4.69) is 6.07 Å². The van der Waals surface area contributed by atoms with Gasteiger partial charge in [0.25, 0.3) is 11.1 Å². The Morgan fingerprint density at radius 3 is 2.67 bits per heavy atom. The molecule has 0 aliphatic carbocycles. The molecule has 4 rings (SSSR count). The van der Waals surface area contributed by atoms with Crippen LogP contribution in [0.2, 0.25) is 0 Å². The number of amides is 3. The lowest BCUT2D eigenvalue weighted by molar-refractivity contribution is -0.136. The van der Waals surface area contributed by atoms with Crippen LogP contribution < -0.4 is 0 Å². The van der Waals surface area contributed by atoms with E-state index < -0.39 is 11.1 Å². The number of carbonyl (C=O) groups excluding carboxylic acids is 3. The number of likely N-dealkylation sites (tertiary alicyclic amines) is 1. The van der Waals surface area contributed by atoms with Gasteiger partial charge in [-0.25, -0.2) is 0 Å². The molecule has 0 radical (unpaired) electrons. The largest absolute Gasteiger partial charge is 0.457 e. The molecule has 0 N–H and O–H groups in total. The van der Waals surface area contributed by atoms with Gasteiger partial charge in [-0.1, -0.05) is 12.1 Å². The van der Waals surface area contributed by atoms with Gasteiger partial charge in [-0.3, -0.25) is 19.3 Å². The number of hydrogen-bond acceptors (Lipinski definition) is 6. The Kier molecular flexibility index (Phi) is 5.72. The molecule has 0 atom stereocenters. The maximum Gasteiger partial charge on any atom is 0.294 e. The zero-order valence-electron chi connectivity index (χ0n) is 16.2. The molecule has 2 saturated heterocycles. The smallest absolute Gasteiger partial charge is 0.294 e. The van der Waals surface area contributed by atoms with Crippen LogP contribution >= 0.6 is 11.8 Å². The molecule has 2 fully saturated rings. The topological polar surface area (TPSA) is 94.6 Å². The van der Waals surface area contributed by atoms with Crippen molar-refractivity contribution in [1.29, 1.82) is 5.26 Å². The van der Waals surface area contributed by atoms with Crippen molar-refractivity contribution < 1.29 is 18.8 Å². The molecule has 3 amide bonds. The van der Waals surface area contributed by atoms with Gasteiger partial charge < -0.3 is 9.32 Å². The van der Waals surface area contributed by atoms with Crippen LogP contribution in [-0.2, 0) is 9.59 Å². The average Bonchev–Trinajstić information content (AvgIpc) is 3.34. The Balaban J connectivity index is 1.49. The number of imide groups is 1. The summed E-state index contributed by atoms with van der Waals surface area (Å²) in [4.78, 5) is 40.3. The van der Waals surface area contributed by atoms with Crippen molar-refractivity contribution in [1.82, 2.24) is 9.80 Å². The van der Waals surface area contributed by atoms with E-state index in [-0.39, 0.29) is 17.4 Å². The molecule has 0 saturated carbocycles. The lowest BCUT2D eigenvalue weighted by Gasteiger charge is -2.27. The Morgan fingerprint density at radius 2 is 1.90 bits per heavy atom. The number of benzene rings is 1. The van der Waals surface area contributed by atoms with Crippen molar-refractivity contribution in [2.45, 2.75) is 19.3 Å². The molecular weight excluding hydrogens is 402 g/mol. The SMILES string of the molecule is N#Cc1ccccc1-c1ccc(/C=C2\SC(=O)N(CC(=O)N3CCCCC3)C2=O)o1. The first-order valence-electron chi connectivity index (χ1n) is 9.69. The van der Waals surface area contributed by atoms with Gasteiger partial charge in [-0.05, 0) is 55.3 Å². The van der Waals surface area contributed by atoms with Crippen molar-refractivity contribution in [2.75, 3.05) is 19.6 Å². The summed E-state index contributed by atoms with van der Waals surface area (Å²) in [5.74, 6) is 0.195. The van der Waals surface area contributed by atoms with E-state index >= 15 is 0 Å². The number of thioether (sulfide) groups is 1. The van der Waals surface area contributed by atoms with E-state index in [1.165, 1.54) is 6.08 Å². The minimum atomic E-state index is -0.495. The maximum atomic E-state index is 12.7. The highest BCUT2D eigenvalue weighted by Crippen LogP contribution is 2.33. The number of nitriles is 1. The predicted octanol–water partition coefficient (Wildman–Crippen LogP) is 3.87. The molecule has 0 unspecified atom stereocenters. The molecule has 1 aromatic heterocycles. The van der Waals surface area contributed by atoms with Crippen LogP contribution in [0.1, 0.15) is 30.6 Å². The van der Waals surface area contributed by atoms with Crippen LogP contribution in [0.3, 0.4) is 0 Å². The molecule has 2 aliphatic rings. The summed E-state index contributed by atoms with van der Waals surface area (Å²) < 4.78 is 5.77. The molecule has 8 heteroatoms. The monoisotopic (exact) mass is 421 g/mol. The molecule has 0 spiro atoms. The molecule has 2 aliphatic heterocycles. The maximum absolute atomic E-state index is 12.7. The van der Waals surface area contributed by atoms with Gasteiger partial charge in [0.05, 0.1) is 16.5 Å². The summed E-state index contributed by atoms with van der Waals surface area (Å²) in [5, 5.41) is 8.79. The second kappa shape index (κ2) is 8.59. The third-order valence-corrected chi connectivity index (χ3v) is 6.00. The number of rotatable bonds is 4. The summed E-state index contributed by atoms with van der Waals surface area (Å²) in [6.07, 6.45) is 4.49. The molecule has 0 bridgehead atoms. The fourth-order valence-electron chi connectivity index (χ4n) is 3.51. The zero-order valence-corrected chi connectivity index (χ0v) is 17.0. The van der Waals surface area contributed by atoms with Crippen LogP contribution in [0.15, 0.2) is 45.7 Å². The third-order valence-electron chi connectivity index (χ3n) is 5.09. The highest BCUT2D eigenvalue weighted by Gasteiger charge is 2.37. The van der Waals surface area contributed by atoms with Crippen LogP contribution in [0.5, 0.6) is 0 Å². The second-order valence-electron chi connectivity index (χ2n) is 7.07. The molecular formula is C22H19N3O4S. The highest BCUT2D eigenvalue weighted by molar-refractivity contribution is 8.18. The van der Waals surface area contributed by atoms with Crippen molar-refractivity contribution >= 4 is 34.9 Å². The number of nitrogens with zero attached hydrogens (tertiary/aromatic N) is 3. The van der Waals surface area contributed by atoms with Gasteiger partial charge in [-0.15, -0.1) is 0 Å². The first-order chi connectivity index (χ1) is 14.6. The van der Waals surface area contributed by atoms with Crippen LogP contribution in [0, 0.1) is 11.3 Å². The van der Waals surface area contributed by atoms with Gasteiger partial charge in [0.1, 0.15) is 18.1 Å².